The average molecular weight is 274 g/mol. The summed E-state index contributed by atoms with van der Waals surface area (Å²) in [5.41, 5.74) is 1.08. The number of isocyanates is 2. The van der Waals surface area contributed by atoms with Gasteiger partial charge in [0.05, 0.1) is 23.5 Å². The Morgan fingerprint density at radius 2 is 1.70 bits per heavy atom. The van der Waals surface area contributed by atoms with Gasteiger partial charge in [0.25, 0.3) is 0 Å². The smallest absolute Gasteiger partial charge is 0.338 e. The molecule has 1 rings (SSSR count). The maximum absolute atomic E-state index is 11.9. The maximum atomic E-state index is 11.9. The molecule has 0 aliphatic heterocycles. The van der Waals surface area contributed by atoms with Crippen LogP contribution in [-0.2, 0) is 14.3 Å². The van der Waals surface area contributed by atoms with E-state index in [1.54, 1.807) is 6.92 Å². The van der Waals surface area contributed by atoms with Gasteiger partial charge >= 0.3 is 5.97 Å². The fourth-order valence-corrected chi connectivity index (χ4v) is 1.46. The highest BCUT2D eigenvalue weighted by atomic mass is 16.5. The van der Waals surface area contributed by atoms with Gasteiger partial charge in [-0.3, -0.25) is 0 Å². The van der Waals surface area contributed by atoms with E-state index in [1.165, 1.54) is 24.3 Å². The maximum Gasteiger partial charge on any atom is 0.338 e. The van der Waals surface area contributed by atoms with Crippen molar-refractivity contribution in [3.63, 3.8) is 0 Å². The van der Waals surface area contributed by atoms with Crippen molar-refractivity contribution in [2.24, 2.45) is 15.9 Å². The summed E-state index contributed by atoms with van der Waals surface area (Å²) in [4.78, 5) is 39.6. The number of carbonyl (C=O) groups is 1. The van der Waals surface area contributed by atoms with Crippen LogP contribution in [0.3, 0.4) is 0 Å². The first-order valence-corrected chi connectivity index (χ1v) is 5.97. The van der Waals surface area contributed by atoms with Crippen molar-refractivity contribution < 1.29 is 19.1 Å². The van der Waals surface area contributed by atoms with E-state index in [2.05, 4.69) is 9.98 Å². The Kier molecular flexibility index (Phi) is 5.54. The summed E-state index contributed by atoms with van der Waals surface area (Å²) in [7, 11) is 0. The molecule has 6 nitrogen and oxygen atoms in total. The molecule has 0 atom stereocenters. The predicted molar refractivity (Wildman–Crippen MR) is 71.9 cm³/mol. The molecule has 0 aromatic heterocycles. The van der Waals surface area contributed by atoms with E-state index < -0.39 is 5.97 Å². The molecule has 20 heavy (non-hydrogen) atoms. The molecule has 0 bridgehead atoms. The summed E-state index contributed by atoms with van der Waals surface area (Å²) in [5.74, 6) is -0.368. The van der Waals surface area contributed by atoms with Gasteiger partial charge in [-0.15, -0.1) is 0 Å². The molecule has 0 unspecified atom stereocenters. The molecule has 0 aliphatic rings. The largest absolute Gasteiger partial charge is 0.462 e. The lowest BCUT2D eigenvalue weighted by atomic mass is 10.1. The fourth-order valence-electron chi connectivity index (χ4n) is 1.46. The second-order valence-corrected chi connectivity index (χ2v) is 4.54. The number of benzene rings is 1. The number of aliphatic imine (C=N–C) groups is 2. The number of carbonyl (C=O) groups excluding carboxylic acids is 3. The molecule has 6 heteroatoms. The molecule has 0 aliphatic carbocycles. The van der Waals surface area contributed by atoms with Crippen LogP contribution in [0.1, 0.15) is 29.8 Å². The summed E-state index contributed by atoms with van der Waals surface area (Å²) in [6, 6.07) is 2.79. The first-order valence-electron chi connectivity index (χ1n) is 5.97. The van der Waals surface area contributed by atoms with Gasteiger partial charge in [0, 0.05) is 5.56 Å². The Hall–Kier alpha value is -2.55. The minimum Gasteiger partial charge on any atom is -0.462 e. The monoisotopic (exact) mass is 274 g/mol. The number of nitrogens with zero attached hydrogens (tertiary/aromatic N) is 2. The molecule has 1 aromatic rings. The Morgan fingerprint density at radius 3 is 2.10 bits per heavy atom. The molecule has 0 N–H and O–H groups in total. The van der Waals surface area contributed by atoms with Crippen LogP contribution in [0.25, 0.3) is 0 Å². The zero-order valence-electron chi connectivity index (χ0n) is 11.5. The van der Waals surface area contributed by atoms with Crippen molar-refractivity contribution >= 4 is 29.5 Å². The van der Waals surface area contributed by atoms with Crippen molar-refractivity contribution in [1.82, 2.24) is 0 Å². The van der Waals surface area contributed by atoms with Crippen LogP contribution in [0.2, 0.25) is 0 Å². The SMILES string of the molecule is Cc1c(N=C=O)cc(C(=O)OCC(C)C)cc1N=C=O. The van der Waals surface area contributed by atoms with E-state index in [9.17, 15) is 14.4 Å². The van der Waals surface area contributed by atoms with E-state index in [4.69, 9.17) is 4.74 Å². The normalized spacial score (nSPS) is 9.60. The van der Waals surface area contributed by atoms with E-state index in [0.717, 1.165) is 0 Å². The van der Waals surface area contributed by atoms with Crippen molar-refractivity contribution in [2.75, 3.05) is 6.61 Å². The summed E-state index contributed by atoms with van der Waals surface area (Å²) in [6.45, 7) is 5.71. The number of esters is 1. The summed E-state index contributed by atoms with van der Waals surface area (Å²) < 4.78 is 5.08. The molecule has 0 radical (unpaired) electrons. The van der Waals surface area contributed by atoms with Crippen LogP contribution < -0.4 is 0 Å². The third-order valence-corrected chi connectivity index (χ3v) is 2.47. The first kappa shape index (κ1) is 15.5. The van der Waals surface area contributed by atoms with Crippen LogP contribution in [0.15, 0.2) is 22.1 Å². The van der Waals surface area contributed by atoms with Crippen LogP contribution in [0.5, 0.6) is 0 Å². The average Bonchev–Trinajstić information content (AvgIpc) is 2.40. The summed E-state index contributed by atoms with van der Waals surface area (Å²) in [6.07, 6.45) is 2.79. The lowest BCUT2D eigenvalue weighted by molar-refractivity contribution is 0.0459. The highest BCUT2D eigenvalue weighted by Gasteiger charge is 2.14. The first-order chi connectivity index (χ1) is 9.49. The van der Waals surface area contributed by atoms with Crippen molar-refractivity contribution in [3.8, 4) is 0 Å². The molecule has 0 fully saturated rings. The molecule has 0 heterocycles. The summed E-state index contributed by atoms with van der Waals surface area (Å²) >= 11 is 0. The number of hydrogen-bond acceptors (Lipinski definition) is 6. The number of hydrogen-bond donors (Lipinski definition) is 0. The van der Waals surface area contributed by atoms with Gasteiger partial charge in [-0.25, -0.2) is 14.4 Å². The second-order valence-electron chi connectivity index (χ2n) is 4.54. The lowest BCUT2D eigenvalue weighted by Gasteiger charge is -2.09. The molecule has 1 aromatic carbocycles. The van der Waals surface area contributed by atoms with Gasteiger partial charge in [-0.1, -0.05) is 13.8 Å². The van der Waals surface area contributed by atoms with Gasteiger partial charge in [-0.2, -0.15) is 9.98 Å². The second kappa shape index (κ2) is 7.14. The fraction of sp³-hybridized carbons (Fsp3) is 0.357. The number of ether oxygens (including phenoxy) is 1. The van der Waals surface area contributed by atoms with E-state index in [-0.39, 0.29) is 29.5 Å². The van der Waals surface area contributed by atoms with Gasteiger partial charge < -0.3 is 4.74 Å². The quantitative estimate of drug-likeness (QED) is 0.469. The number of rotatable bonds is 5. The molecule has 0 amide bonds. The van der Waals surface area contributed by atoms with Crippen LogP contribution in [-0.4, -0.2) is 24.7 Å². The van der Waals surface area contributed by atoms with Crippen LogP contribution >= 0.6 is 0 Å². The van der Waals surface area contributed by atoms with Gasteiger partial charge in [0.15, 0.2) is 0 Å². The highest BCUT2D eigenvalue weighted by molar-refractivity contribution is 5.92. The Bertz CT molecular complexity index is 571. The molecule has 0 spiro atoms. The predicted octanol–water partition coefficient (Wildman–Crippen LogP) is 2.74. The van der Waals surface area contributed by atoms with E-state index in [1.807, 2.05) is 13.8 Å². The Labute approximate surface area is 116 Å². The van der Waals surface area contributed by atoms with Crippen molar-refractivity contribution in [1.29, 1.82) is 0 Å². The molecule has 0 saturated carbocycles. The van der Waals surface area contributed by atoms with Gasteiger partial charge in [0.2, 0.25) is 12.2 Å². The minimum atomic E-state index is -0.566. The summed E-state index contributed by atoms with van der Waals surface area (Å²) in [5, 5.41) is 0. The topological polar surface area (TPSA) is 85.2 Å². The standard InChI is InChI=1S/C14H14N2O4/c1-9(2)6-20-14(19)11-4-12(15-7-17)10(3)13(5-11)16-8-18/h4-5,9H,6H2,1-3H3. The molecule has 104 valence electrons. The third kappa shape index (κ3) is 3.99. The lowest BCUT2D eigenvalue weighted by Crippen LogP contribution is -2.10. The van der Waals surface area contributed by atoms with Crippen LogP contribution in [0, 0.1) is 12.8 Å². The zero-order valence-corrected chi connectivity index (χ0v) is 11.5. The van der Waals surface area contributed by atoms with Crippen molar-refractivity contribution in [3.05, 3.63) is 23.3 Å². The molecular formula is C14H14N2O4. The Morgan fingerprint density at radius 1 is 1.20 bits per heavy atom. The van der Waals surface area contributed by atoms with Gasteiger partial charge in [0.1, 0.15) is 0 Å². The molecular weight excluding hydrogens is 260 g/mol. The minimum absolute atomic E-state index is 0.166. The van der Waals surface area contributed by atoms with E-state index in [0.29, 0.717) is 5.56 Å². The molecule has 0 saturated heterocycles. The highest BCUT2D eigenvalue weighted by Crippen LogP contribution is 2.30. The van der Waals surface area contributed by atoms with Crippen molar-refractivity contribution in [2.45, 2.75) is 20.8 Å². The van der Waals surface area contributed by atoms with Gasteiger partial charge in [-0.05, 0) is 25.0 Å². The van der Waals surface area contributed by atoms with Crippen LogP contribution in [0.4, 0.5) is 11.4 Å². The third-order valence-electron chi connectivity index (χ3n) is 2.47. The zero-order chi connectivity index (χ0) is 15.1. The van der Waals surface area contributed by atoms with E-state index >= 15 is 0 Å². The Balaban J connectivity index is 3.23.